The van der Waals surface area contributed by atoms with Crippen molar-refractivity contribution in [3.8, 4) is 0 Å². The van der Waals surface area contributed by atoms with Gasteiger partial charge in [-0.05, 0) is 37.3 Å². The second-order valence-electron chi connectivity index (χ2n) is 4.60. The fourth-order valence-electron chi connectivity index (χ4n) is 1.95. The number of hydrogen-bond donors (Lipinski definition) is 2. The Morgan fingerprint density at radius 1 is 1.10 bits per heavy atom. The fraction of sp³-hybridized carbons (Fsp3) is 0.133. The first kappa shape index (κ1) is 14.0. The molecule has 0 saturated carbocycles. The van der Waals surface area contributed by atoms with Crippen molar-refractivity contribution in [1.29, 1.82) is 0 Å². The summed E-state index contributed by atoms with van der Waals surface area (Å²) in [6.45, 7) is 1.48. The summed E-state index contributed by atoms with van der Waals surface area (Å²) in [5, 5.41) is 2.86. The van der Waals surface area contributed by atoms with Gasteiger partial charge in [0.25, 0.3) is 0 Å². The highest BCUT2D eigenvalue weighted by Gasteiger charge is 2.35. The molecule has 0 radical (unpaired) electrons. The summed E-state index contributed by atoms with van der Waals surface area (Å²) in [4.78, 5) is 11.8. The lowest BCUT2D eigenvalue weighted by Crippen LogP contribution is -2.45. The van der Waals surface area contributed by atoms with Crippen molar-refractivity contribution in [3.05, 3.63) is 65.7 Å². The van der Waals surface area contributed by atoms with Crippen LogP contribution in [0.15, 0.2) is 48.5 Å². The van der Waals surface area contributed by atoms with E-state index in [1.165, 1.54) is 49.4 Å². The van der Waals surface area contributed by atoms with Gasteiger partial charge in [0.1, 0.15) is 17.2 Å². The zero-order valence-electron chi connectivity index (χ0n) is 10.9. The maximum absolute atomic E-state index is 13.9. The van der Waals surface area contributed by atoms with E-state index in [1.54, 1.807) is 6.07 Å². The average Bonchev–Trinajstić information content (AvgIpc) is 2.41. The third-order valence-corrected chi connectivity index (χ3v) is 3.14. The van der Waals surface area contributed by atoms with Crippen LogP contribution >= 0.6 is 0 Å². The third kappa shape index (κ3) is 2.61. The lowest BCUT2D eigenvalue weighted by atomic mass is 9.90. The van der Waals surface area contributed by atoms with Crippen molar-refractivity contribution in [1.82, 2.24) is 0 Å². The Bertz CT molecular complexity index is 628. The van der Waals surface area contributed by atoms with E-state index in [4.69, 9.17) is 5.73 Å². The van der Waals surface area contributed by atoms with Gasteiger partial charge in [-0.1, -0.05) is 18.2 Å². The van der Waals surface area contributed by atoms with Crippen molar-refractivity contribution < 1.29 is 13.6 Å². The zero-order chi connectivity index (χ0) is 14.8. The average molecular weight is 276 g/mol. The van der Waals surface area contributed by atoms with Crippen LogP contribution in [-0.2, 0) is 10.3 Å². The van der Waals surface area contributed by atoms with Crippen molar-refractivity contribution in [2.45, 2.75) is 12.5 Å². The lowest BCUT2D eigenvalue weighted by molar-refractivity contribution is -0.122. The summed E-state index contributed by atoms with van der Waals surface area (Å²) in [7, 11) is 0. The molecule has 104 valence electrons. The Morgan fingerprint density at radius 3 is 2.25 bits per heavy atom. The van der Waals surface area contributed by atoms with E-state index in [0.29, 0.717) is 5.69 Å². The minimum atomic E-state index is -1.43. The highest BCUT2D eigenvalue weighted by atomic mass is 19.1. The number of amides is 1. The molecular weight excluding hydrogens is 262 g/mol. The van der Waals surface area contributed by atoms with E-state index in [0.717, 1.165) is 0 Å². The minimum Gasteiger partial charge on any atom is -0.368 e. The number of hydrogen-bond acceptors (Lipinski definition) is 2. The molecule has 0 saturated heterocycles. The molecule has 1 atom stereocenters. The van der Waals surface area contributed by atoms with Gasteiger partial charge in [0, 0.05) is 11.3 Å². The summed E-state index contributed by atoms with van der Waals surface area (Å²) in [5.74, 6) is -1.67. The van der Waals surface area contributed by atoms with E-state index >= 15 is 0 Å². The Morgan fingerprint density at radius 2 is 1.70 bits per heavy atom. The van der Waals surface area contributed by atoms with Gasteiger partial charge in [-0.3, -0.25) is 4.79 Å². The Labute approximate surface area is 115 Å². The van der Waals surface area contributed by atoms with Crippen molar-refractivity contribution in [2.75, 3.05) is 5.32 Å². The van der Waals surface area contributed by atoms with Gasteiger partial charge in [-0.15, -0.1) is 0 Å². The Kier molecular flexibility index (Phi) is 3.70. The predicted octanol–water partition coefficient (Wildman–Crippen LogP) is 2.78. The quantitative estimate of drug-likeness (QED) is 0.902. The molecule has 0 aliphatic carbocycles. The van der Waals surface area contributed by atoms with E-state index < -0.39 is 23.1 Å². The van der Waals surface area contributed by atoms with Gasteiger partial charge < -0.3 is 11.1 Å². The number of carbonyl (C=O) groups is 1. The molecule has 0 spiro atoms. The number of nitrogens with one attached hydrogen (secondary N) is 1. The molecule has 0 aromatic heterocycles. The molecule has 20 heavy (non-hydrogen) atoms. The van der Waals surface area contributed by atoms with E-state index in [2.05, 4.69) is 5.32 Å². The maximum atomic E-state index is 13.9. The van der Waals surface area contributed by atoms with Gasteiger partial charge in [0.15, 0.2) is 0 Å². The van der Waals surface area contributed by atoms with Gasteiger partial charge in [0.05, 0.1) is 0 Å². The number of carbonyl (C=O) groups excluding carboxylic acids is 1. The molecule has 2 rings (SSSR count). The lowest BCUT2D eigenvalue weighted by Gasteiger charge is -2.29. The van der Waals surface area contributed by atoms with Crippen LogP contribution in [0, 0.1) is 11.6 Å². The molecule has 1 amide bonds. The van der Waals surface area contributed by atoms with Crippen LogP contribution in [0.1, 0.15) is 12.5 Å². The first-order valence-electron chi connectivity index (χ1n) is 6.02. The molecular formula is C15H14F2N2O. The van der Waals surface area contributed by atoms with Crippen LogP contribution in [0.5, 0.6) is 0 Å². The predicted molar refractivity (Wildman–Crippen MR) is 73.0 cm³/mol. The number of nitrogens with two attached hydrogens (primary N) is 1. The molecule has 0 aliphatic rings. The summed E-state index contributed by atoms with van der Waals surface area (Å²) >= 11 is 0. The van der Waals surface area contributed by atoms with Crippen LogP contribution < -0.4 is 11.1 Å². The maximum Gasteiger partial charge on any atom is 0.247 e. The molecule has 3 N–H and O–H groups in total. The zero-order valence-corrected chi connectivity index (χ0v) is 10.9. The third-order valence-electron chi connectivity index (χ3n) is 3.14. The minimum absolute atomic E-state index is 0.136. The normalized spacial score (nSPS) is 13.6. The Hall–Kier alpha value is -2.43. The monoisotopic (exact) mass is 276 g/mol. The van der Waals surface area contributed by atoms with E-state index in [1.807, 2.05) is 0 Å². The second kappa shape index (κ2) is 5.28. The summed E-state index contributed by atoms with van der Waals surface area (Å²) < 4.78 is 26.8. The molecule has 3 nitrogen and oxygen atoms in total. The van der Waals surface area contributed by atoms with Crippen LogP contribution in [0.25, 0.3) is 0 Å². The highest BCUT2D eigenvalue weighted by Crippen LogP contribution is 2.28. The molecule has 0 fully saturated rings. The first-order chi connectivity index (χ1) is 9.43. The van der Waals surface area contributed by atoms with Gasteiger partial charge >= 0.3 is 0 Å². The topological polar surface area (TPSA) is 55.1 Å². The smallest absolute Gasteiger partial charge is 0.247 e. The standard InChI is InChI=1S/C15H14F2N2O/c1-15(14(18)20,12-4-2-3-5-13(12)17)19-11-8-6-10(16)7-9-11/h2-9,19H,1H3,(H2,18,20). The van der Waals surface area contributed by atoms with Gasteiger partial charge in [0.2, 0.25) is 5.91 Å². The number of rotatable bonds is 4. The van der Waals surface area contributed by atoms with Crippen molar-refractivity contribution >= 4 is 11.6 Å². The van der Waals surface area contributed by atoms with Gasteiger partial charge in [-0.2, -0.15) is 0 Å². The summed E-state index contributed by atoms with van der Waals surface area (Å²) in [5.41, 5.74) is 4.58. The van der Waals surface area contributed by atoms with Crippen LogP contribution in [0.3, 0.4) is 0 Å². The van der Waals surface area contributed by atoms with Crippen molar-refractivity contribution in [3.63, 3.8) is 0 Å². The number of benzene rings is 2. The molecule has 2 aromatic carbocycles. The van der Waals surface area contributed by atoms with Crippen molar-refractivity contribution in [2.24, 2.45) is 5.73 Å². The Balaban J connectivity index is 2.43. The van der Waals surface area contributed by atoms with E-state index in [-0.39, 0.29) is 5.56 Å². The first-order valence-corrected chi connectivity index (χ1v) is 6.02. The number of primary amides is 1. The molecule has 0 bridgehead atoms. The number of anilines is 1. The SMILES string of the molecule is CC(Nc1ccc(F)cc1)(C(N)=O)c1ccccc1F. The van der Waals surface area contributed by atoms with Gasteiger partial charge in [-0.25, -0.2) is 8.78 Å². The molecule has 5 heteroatoms. The molecule has 0 heterocycles. The molecule has 0 aliphatic heterocycles. The largest absolute Gasteiger partial charge is 0.368 e. The number of halogens is 2. The van der Waals surface area contributed by atoms with Crippen LogP contribution in [-0.4, -0.2) is 5.91 Å². The second-order valence-corrected chi connectivity index (χ2v) is 4.60. The molecule has 2 aromatic rings. The fourth-order valence-corrected chi connectivity index (χ4v) is 1.95. The summed E-state index contributed by atoms with van der Waals surface area (Å²) in [6, 6.07) is 11.3. The summed E-state index contributed by atoms with van der Waals surface area (Å²) in [6.07, 6.45) is 0. The highest BCUT2D eigenvalue weighted by molar-refractivity contribution is 5.89. The molecule has 1 unspecified atom stereocenters. The van der Waals surface area contributed by atoms with E-state index in [9.17, 15) is 13.6 Å². The van der Waals surface area contributed by atoms with Crippen LogP contribution in [0.2, 0.25) is 0 Å². The van der Waals surface area contributed by atoms with Crippen LogP contribution in [0.4, 0.5) is 14.5 Å².